The summed E-state index contributed by atoms with van der Waals surface area (Å²) in [5, 5.41) is 7.79. The second kappa shape index (κ2) is 8.22. The lowest BCUT2D eigenvalue weighted by Crippen LogP contribution is -2.20. The lowest BCUT2D eigenvalue weighted by atomic mass is 10.0. The highest BCUT2D eigenvalue weighted by Gasteiger charge is 2.27. The Labute approximate surface area is 192 Å². The van der Waals surface area contributed by atoms with Gasteiger partial charge in [-0.05, 0) is 43.2 Å². The number of aromatic nitrogens is 3. The monoisotopic (exact) mass is 457 g/mol. The van der Waals surface area contributed by atoms with Gasteiger partial charge in [0, 0.05) is 5.70 Å². The van der Waals surface area contributed by atoms with Crippen LogP contribution in [0, 0.1) is 13.8 Å². The molecule has 0 bridgehead atoms. The summed E-state index contributed by atoms with van der Waals surface area (Å²) in [4.78, 5) is 4.62. The standard InChI is InChI=1S/C25H23N5O2S/c1-17-8-12-20(13-9-17)23-16-22(19-6-4-3-5-7-19)26-25-27-24(28-30(23)25)29-33(31,32)21-14-10-18(2)11-15-21/h3-16,23H,1-2H3,(H2,26,27,28,29)/t23-/m1/s1. The summed E-state index contributed by atoms with van der Waals surface area (Å²) in [7, 11) is -3.82. The molecule has 2 heterocycles. The van der Waals surface area contributed by atoms with Crippen molar-refractivity contribution in [2.24, 2.45) is 0 Å². The summed E-state index contributed by atoms with van der Waals surface area (Å²) in [6.45, 7) is 3.94. The Kier molecular flexibility index (Phi) is 5.22. The summed E-state index contributed by atoms with van der Waals surface area (Å²) < 4.78 is 29.9. The molecule has 1 aromatic heterocycles. The highest BCUT2D eigenvalue weighted by Crippen LogP contribution is 2.33. The first-order chi connectivity index (χ1) is 15.9. The van der Waals surface area contributed by atoms with Crippen LogP contribution in [-0.2, 0) is 10.0 Å². The van der Waals surface area contributed by atoms with Crippen molar-refractivity contribution in [3.8, 4) is 0 Å². The predicted molar refractivity (Wildman–Crippen MR) is 129 cm³/mol. The third kappa shape index (κ3) is 4.25. The molecule has 1 aliphatic rings. The van der Waals surface area contributed by atoms with Gasteiger partial charge in [0.1, 0.15) is 6.04 Å². The molecule has 0 spiro atoms. The van der Waals surface area contributed by atoms with Crippen LogP contribution in [0.5, 0.6) is 0 Å². The zero-order valence-corrected chi connectivity index (χ0v) is 19.0. The van der Waals surface area contributed by atoms with E-state index in [1.165, 1.54) is 0 Å². The molecule has 8 heteroatoms. The molecule has 33 heavy (non-hydrogen) atoms. The van der Waals surface area contributed by atoms with Crippen molar-refractivity contribution in [1.29, 1.82) is 0 Å². The molecular weight excluding hydrogens is 434 g/mol. The van der Waals surface area contributed by atoms with Gasteiger partial charge in [0.25, 0.3) is 16.0 Å². The van der Waals surface area contributed by atoms with Crippen molar-refractivity contribution in [1.82, 2.24) is 14.8 Å². The Hall–Kier alpha value is -3.91. The average Bonchev–Trinajstić information content (AvgIpc) is 3.21. The summed E-state index contributed by atoms with van der Waals surface area (Å²) in [5.74, 6) is 0.474. The Balaban J connectivity index is 1.53. The zero-order chi connectivity index (χ0) is 23.0. The number of hydrogen-bond donors (Lipinski definition) is 2. The normalized spacial score (nSPS) is 15.3. The van der Waals surface area contributed by atoms with Gasteiger partial charge in [-0.1, -0.05) is 77.9 Å². The van der Waals surface area contributed by atoms with Crippen LogP contribution in [0.25, 0.3) is 5.70 Å². The SMILES string of the molecule is Cc1ccc([C@H]2C=C(c3ccccc3)Nc3nc(NS(=O)(=O)c4ccc(C)cc4)nn32)cc1. The highest BCUT2D eigenvalue weighted by atomic mass is 32.2. The molecule has 1 atom stereocenters. The highest BCUT2D eigenvalue weighted by molar-refractivity contribution is 7.92. The Morgan fingerprint density at radius 1 is 0.879 bits per heavy atom. The summed E-state index contributed by atoms with van der Waals surface area (Å²) in [6.07, 6.45) is 2.07. The summed E-state index contributed by atoms with van der Waals surface area (Å²) in [6, 6.07) is 24.5. The van der Waals surface area contributed by atoms with Crippen molar-refractivity contribution < 1.29 is 8.42 Å². The summed E-state index contributed by atoms with van der Waals surface area (Å²) >= 11 is 0. The molecule has 7 nitrogen and oxygen atoms in total. The van der Waals surface area contributed by atoms with Crippen molar-refractivity contribution >= 4 is 27.6 Å². The molecule has 3 aromatic carbocycles. The fraction of sp³-hybridized carbons (Fsp3) is 0.120. The van der Waals surface area contributed by atoms with Gasteiger partial charge in [-0.2, -0.15) is 4.98 Å². The number of hydrogen-bond acceptors (Lipinski definition) is 5. The van der Waals surface area contributed by atoms with Crippen LogP contribution < -0.4 is 10.0 Å². The maximum Gasteiger partial charge on any atom is 0.264 e. The molecule has 0 amide bonds. The van der Waals surface area contributed by atoms with E-state index in [1.54, 1.807) is 28.9 Å². The Bertz CT molecular complexity index is 1420. The fourth-order valence-corrected chi connectivity index (χ4v) is 4.66. The van der Waals surface area contributed by atoms with E-state index in [1.807, 2.05) is 68.4 Å². The number of aryl methyl sites for hydroxylation is 2. The molecule has 0 unspecified atom stereocenters. The van der Waals surface area contributed by atoms with Crippen molar-refractivity contribution in [3.63, 3.8) is 0 Å². The first kappa shape index (κ1) is 21.0. The molecular formula is C25H23N5O2S. The van der Waals surface area contributed by atoms with Crippen LogP contribution in [0.4, 0.5) is 11.9 Å². The van der Waals surface area contributed by atoms with Crippen molar-refractivity contribution in [2.75, 3.05) is 10.0 Å². The van der Waals surface area contributed by atoms with E-state index in [0.29, 0.717) is 5.95 Å². The molecule has 166 valence electrons. The minimum atomic E-state index is -3.82. The molecule has 0 aliphatic carbocycles. The Morgan fingerprint density at radius 3 is 2.18 bits per heavy atom. The smallest absolute Gasteiger partial charge is 0.264 e. The summed E-state index contributed by atoms with van der Waals surface area (Å²) in [5.41, 5.74) is 5.05. The number of nitrogens with zero attached hydrogens (tertiary/aromatic N) is 3. The van der Waals surface area contributed by atoms with Crippen LogP contribution in [0.1, 0.15) is 28.3 Å². The Morgan fingerprint density at radius 2 is 1.52 bits per heavy atom. The molecule has 2 N–H and O–H groups in total. The number of sulfonamides is 1. The lowest BCUT2D eigenvalue weighted by molar-refractivity contribution is 0.598. The fourth-order valence-electron chi connectivity index (χ4n) is 3.72. The van der Waals surface area contributed by atoms with E-state index in [0.717, 1.165) is 28.0 Å². The predicted octanol–water partition coefficient (Wildman–Crippen LogP) is 4.75. The van der Waals surface area contributed by atoms with Gasteiger partial charge >= 0.3 is 0 Å². The van der Waals surface area contributed by atoms with Gasteiger partial charge in [-0.25, -0.2) is 17.8 Å². The molecule has 1 aliphatic heterocycles. The van der Waals surface area contributed by atoms with E-state index in [9.17, 15) is 8.42 Å². The number of fused-ring (bicyclic) bond motifs is 1. The third-order valence-corrected chi connectivity index (χ3v) is 6.87. The quantitative estimate of drug-likeness (QED) is 0.451. The van der Waals surface area contributed by atoms with Crippen LogP contribution in [0.3, 0.4) is 0 Å². The van der Waals surface area contributed by atoms with E-state index in [-0.39, 0.29) is 16.9 Å². The first-order valence-corrected chi connectivity index (χ1v) is 12.0. The van der Waals surface area contributed by atoms with Crippen molar-refractivity contribution in [2.45, 2.75) is 24.8 Å². The molecule has 4 aromatic rings. The average molecular weight is 458 g/mol. The van der Waals surface area contributed by atoms with E-state index in [2.05, 4.69) is 26.2 Å². The topological polar surface area (TPSA) is 88.9 Å². The van der Waals surface area contributed by atoms with E-state index < -0.39 is 10.0 Å². The maximum absolute atomic E-state index is 12.9. The van der Waals surface area contributed by atoms with Crippen LogP contribution in [0.2, 0.25) is 0 Å². The molecule has 5 rings (SSSR count). The molecule has 0 saturated heterocycles. The van der Waals surface area contributed by atoms with E-state index >= 15 is 0 Å². The lowest BCUT2D eigenvalue weighted by Gasteiger charge is -2.24. The number of allylic oxidation sites excluding steroid dienone is 1. The molecule has 0 fully saturated rings. The maximum atomic E-state index is 12.9. The van der Waals surface area contributed by atoms with Gasteiger partial charge in [-0.15, -0.1) is 5.10 Å². The first-order valence-electron chi connectivity index (χ1n) is 10.6. The zero-order valence-electron chi connectivity index (χ0n) is 18.2. The minimum absolute atomic E-state index is 0.0119. The van der Waals surface area contributed by atoms with Gasteiger partial charge in [0.05, 0.1) is 4.90 Å². The molecule has 0 radical (unpaired) electrons. The van der Waals surface area contributed by atoms with Crippen LogP contribution >= 0.6 is 0 Å². The third-order valence-electron chi connectivity index (χ3n) is 5.53. The van der Waals surface area contributed by atoms with E-state index in [4.69, 9.17) is 0 Å². The van der Waals surface area contributed by atoms with Crippen LogP contribution in [-0.4, -0.2) is 23.2 Å². The second-order valence-electron chi connectivity index (χ2n) is 8.05. The van der Waals surface area contributed by atoms with Gasteiger partial charge in [0.15, 0.2) is 0 Å². The van der Waals surface area contributed by atoms with Crippen LogP contribution in [0.15, 0.2) is 89.8 Å². The number of benzene rings is 3. The second-order valence-corrected chi connectivity index (χ2v) is 9.73. The minimum Gasteiger partial charge on any atom is -0.324 e. The largest absolute Gasteiger partial charge is 0.324 e. The number of rotatable bonds is 5. The number of anilines is 2. The van der Waals surface area contributed by atoms with Crippen molar-refractivity contribution in [3.05, 3.63) is 107 Å². The molecule has 0 saturated carbocycles. The number of nitrogens with one attached hydrogen (secondary N) is 2. The van der Waals surface area contributed by atoms with Gasteiger partial charge in [0.2, 0.25) is 5.95 Å². The van der Waals surface area contributed by atoms with Gasteiger partial charge in [-0.3, -0.25) is 0 Å². The van der Waals surface area contributed by atoms with Gasteiger partial charge < -0.3 is 5.32 Å².